The van der Waals surface area contributed by atoms with Crippen LogP contribution in [0.5, 0.6) is 0 Å². The predicted octanol–water partition coefficient (Wildman–Crippen LogP) is 0.314. The summed E-state index contributed by atoms with van der Waals surface area (Å²) in [5.41, 5.74) is 5.95. The summed E-state index contributed by atoms with van der Waals surface area (Å²) >= 11 is 2.10. The molecule has 0 aliphatic carbocycles. The van der Waals surface area contributed by atoms with Crippen LogP contribution in [0.2, 0.25) is 0 Å². The van der Waals surface area contributed by atoms with Crippen LogP contribution in [0.15, 0.2) is 0 Å². The minimum Gasteiger partial charge on any atom is -0.329 e. The Morgan fingerprint density at radius 2 is 2.07 bits per heavy atom. The van der Waals surface area contributed by atoms with E-state index in [1.807, 2.05) is 0 Å². The molecule has 15 heavy (non-hydrogen) atoms. The molecule has 0 amide bonds. The van der Waals surface area contributed by atoms with Gasteiger partial charge in [0.2, 0.25) is 0 Å². The Hall–Kier alpha value is 0.230. The number of rotatable bonds is 3. The molecule has 2 fully saturated rings. The third-order valence-electron chi connectivity index (χ3n) is 3.76. The second kappa shape index (κ2) is 5.53. The highest BCUT2D eigenvalue weighted by atomic mass is 32.2. The molecule has 0 aromatic rings. The van der Waals surface area contributed by atoms with E-state index < -0.39 is 0 Å². The Bertz CT molecular complexity index is 186. The van der Waals surface area contributed by atoms with Gasteiger partial charge < -0.3 is 10.6 Å². The van der Waals surface area contributed by atoms with E-state index in [-0.39, 0.29) is 0 Å². The van der Waals surface area contributed by atoms with Crippen LogP contribution in [-0.4, -0.2) is 67.1 Å². The molecule has 0 radical (unpaired) electrons. The third kappa shape index (κ3) is 2.87. The van der Waals surface area contributed by atoms with Gasteiger partial charge in [-0.25, -0.2) is 0 Å². The number of piperazine rings is 1. The van der Waals surface area contributed by atoms with Gasteiger partial charge in [0.25, 0.3) is 0 Å². The van der Waals surface area contributed by atoms with E-state index in [0.717, 1.165) is 12.5 Å². The number of nitrogens with two attached hydrogens (primary N) is 1. The van der Waals surface area contributed by atoms with E-state index in [0.29, 0.717) is 6.04 Å². The number of nitrogens with zero attached hydrogens (tertiary/aromatic N) is 2. The van der Waals surface area contributed by atoms with Crippen LogP contribution >= 0.6 is 11.8 Å². The molecule has 2 unspecified atom stereocenters. The van der Waals surface area contributed by atoms with Crippen LogP contribution in [0.3, 0.4) is 0 Å². The molecule has 88 valence electrons. The molecule has 2 heterocycles. The van der Waals surface area contributed by atoms with Crippen LogP contribution in [-0.2, 0) is 0 Å². The van der Waals surface area contributed by atoms with E-state index in [4.69, 9.17) is 5.73 Å². The Morgan fingerprint density at radius 1 is 1.33 bits per heavy atom. The number of likely N-dealkylation sites (N-methyl/N-ethyl adjacent to an activating group) is 1. The molecule has 2 aliphatic heterocycles. The average Bonchev–Trinajstić information content (AvgIpc) is 2.75. The van der Waals surface area contributed by atoms with E-state index >= 15 is 0 Å². The zero-order chi connectivity index (χ0) is 10.7. The largest absolute Gasteiger partial charge is 0.329 e. The van der Waals surface area contributed by atoms with E-state index in [1.54, 1.807) is 0 Å². The van der Waals surface area contributed by atoms with Gasteiger partial charge in [0, 0.05) is 38.8 Å². The minimum atomic E-state index is 0.647. The van der Waals surface area contributed by atoms with Crippen molar-refractivity contribution in [2.45, 2.75) is 12.5 Å². The third-order valence-corrected chi connectivity index (χ3v) is 4.95. The average molecular weight is 229 g/mol. The fourth-order valence-corrected chi connectivity index (χ4v) is 3.98. The van der Waals surface area contributed by atoms with Gasteiger partial charge >= 0.3 is 0 Å². The molecular weight excluding hydrogens is 206 g/mol. The summed E-state index contributed by atoms with van der Waals surface area (Å²) in [6, 6.07) is 0.647. The molecule has 0 aromatic heterocycles. The first-order chi connectivity index (χ1) is 7.31. The highest BCUT2D eigenvalue weighted by Gasteiger charge is 2.30. The first-order valence-electron chi connectivity index (χ1n) is 6.01. The van der Waals surface area contributed by atoms with E-state index in [2.05, 4.69) is 28.6 Å². The number of hydrogen-bond donors (Lipinski definition) is 1. The van der Waals surface area contributed by atoms with Gasteiger partial charge in [-0.2, -0.15) is 11.8 Å². The molecule has 3 nitrogen and oxygen atoms in total. The lowest BCUT2D eigenvalue weighted by atomic mass is 9.97. The summed E-state index contributed by atoms with van der Waals surface area (Å²) in [6.07, 6.45) is 1.37. The van der Waals surface area contributed by atoms with Crippen molar-refractivity contribution < 1.29 is 0 Å². The summed E-state index contributed by atoms with van der Waals surface area (Å²) in [7, 11) is 2.21. The summed E-state index contributed by atoms with van der Waals surface area (Å²) in [4.78, 5) is 5.03. The fraction of sp³-hybridized carbons (Fsp3) is 1.00. The highest BCUT2D eigenvalue weighted by Crippen LogP contribution is 2.28. The lowest BCUT2D eigenvalue weighted by Gasteiger charge is -2.40. The molecule has 2 saturated heterocycles. The van der Waals surface area contributed by atoms with Gasteiger partial charge in [0.15, 0.2) is 0 Å². The summed E-state index contributed by atoms with van der Waals surface area (Å²) < 4.78 is 0. The van der Waals surface area contributed by atoms with E-state index in [1.165, 1.54) is 44.1 Å². The van der Waals surface area contributed by atoms with Crippen LogP contribution in [0, 0.1) is 5.92 Å². The van der Waals surface area contributed by atoms with E-state index in [9.17, 15) is 0 Å². The summed E-state index contributed by atoms with van der Waals surface area (Å²) in [6.45, 7) is 5.67. The van der Waals surface area contributed by atoms with Gasteiger partial charge in [0.05, 0.1) is 0 Å². The standard InChI is InChI=1S/C11H23N3S/c1-13-3-5-14(6-4-13)11(8-12)10-2-7-15-9-10/h10-11H,2-9,12H2,1H3. The maximum Gasteiger partial charge on any atom is 0.0255 e. The Kier molecular flexibility index (Phi) is 4.31. The van der Waals surface area contributed by atoms with Crippen molar-refractivity contribution in [3.8, 4) is 0 Å². The smallest absolute Gasteiger partial charge is 0.0255 e. The Morgan fingerprint density at radius 3 is 2.60 bits per heavy atom. The quantitative estimate of drug-likeness (QED) is 0.755. The van der Waals surface area contributed by atoms with Crippen molar-refractivity contribution in [1.82, 2.24) is 9.80 Å². The molecular formula is C11H23N3S. The van der Waals surface area contributed by atoms with Gasteiger partial charge in [-0.1, -0.05) is 0 Å². The molecule has 0 saturated carbocycles. The second-order valence-corrected chi connectivity index (χ2v) is 5.92. The maximum absolute atomic E-state index is 5.95. The lowest BCUT2D eigenvalue weighted by Crippen LogP contribution is -2.53. The molecule has 0 bridgehead atoms. The highest BCUT2D eigenvalue weighted by molar-refractivity contribution is 7.99. The minimum absolute atomic E-state index is 0.647. The van der Waals surface area contributed by atoms with Crippen molar-refractivity contribution in [3.63, 3.8) is 0 Å². The molecule has 2 aliphatic rings. The van der Waals surface area contributed by atoms with Crippen molar-refractivity contribution >= 4 is 11.8 Å². The Balaban J connectivity index is 1.88. The van der Waals surface area contributed by atoms with Crippen LogP contribution < -0.4 is 5.73 Å². The van der Waals surface area contributed by atoms with Crippen molar-refractivity contribution in [1.29, 1.82) is 0 Å². The van der Waals surface area contributed by atoms with Crippen molar-refractivity contribution in [2.24, 2.45) is 11.7 Å². The van der Waals surface area contributed by atoms with Gasteiger partial charge in [-0.05, 0) is 30.9 Å². The monoisotopic (exact) mass is 229 g/mol. The second-order valence-electron chi connectivity index (χ2n) is 4.77. The number of hydrogen-bond acceptors (Lipinski definition) is 4. The lowest BCUT2D eigenvalue weighted by molar-refractivity contribution is 0.0898. The molecule has 0 spiro atoms. The zero-order valence-corrected chi connectivity index (χ0v) is 10.5. The summed E-state index contributed by atoms with van der Waals surface area (Å²) in [5, 5.41) is 0. The fourth-order valence-electron chi connectivity index (χ4n) is 2.65. The SMILES string of the molecule is CN1CCN(C(CN)C2CCSC2)CC1. The summed E-state index contributed by atoms with van der Waals surface area (Å²) in [5.74, 6) is 3.52. The van der Waals surface area contributed by atoms with Crippen molar-refractivity contribution in [2.75, 3.05) is 51.3 Å². The van der Waals surface area contributed by atoms with Crippen LogP contribution in [0.1, 0.15) is 6.42 Å². The van der Waals surface area contributed by atoms with Crippen LogP contribution in [0.4, 0.5) is 0 Å². The zero-order valence-electron chi connectivity index (χ0n) is 9.69. The van der Waals surface area contributed by atoms with Gasteiger partial charge in [0.1, 0.15) is 0 Å². The first-order valence-corrected chi connectivity index (χ1v) is 7.17. The first kappa shape index (κ1) is 11.7. The molecule has 4 heteroatoms. The topological polar surface area (TPSA) is 32.5 Å². The predicted molar refractivity (Wildman–Crippen MR) is 67.3 cm³/mol. The normalized spacial score (nSPS) is 32.0. The maximum atomic E-state index is 5.95. The van der Waals surface area contributed by atoms with Gasteiger partial charge in [-0.15, -0.1) is 0 Å². The van der Waals surface area contributed by atoms with Crippen LogP contribution in [0.25, 0.3) is 0 Å². The number of thioether (sulfide) groups is 1. The molecule has 2 atom stereocenters. The molecule has 2 rings (SSSR count). The Labute approximate surface area is 97.4 Å². The molecule has 2 N–H and O–H groups in total. The van der Waals surface area contributed by atoms with Crippen molar-refractivity contribution in [3.05, 3.63) is 0 Å². The van der Waals surface area contributed by atoms with Gasteiger partial charge in [-0.3, -0.25) is 4.90 Å². The molecule has 0 aromatic carbocycles.